The Labute approximate surface area is 151 Å². The van der Waals surface area contributed by atoms with Crippen LogP contribution in [0.15, 0.2) is 79.4 Å². The Balaban J connectivity index is 1.60. The van der Waals surface area contributed by atoms with Crippen LogP contribution >= 0.6 is 0 Å². The Kier molecular flexibility index (Phi) is 6.33. The first-order valence-electron chi connectivity index (χ1n) is 9.43. The molecule has 0 saturated carbocycles. The maximum Gasteiger partial charge on any atom is 0.210 e. The van der Waals surface area contributed by atoms with Crippen molar-refractivity contribution in [2.75, 3.05) is 0 Å². The van der Waals surface area contributed by atoms with E-state index < -0.39 is 0 Å². The average Bonchev–Trinajstić information content (AvgIpc) is 2.69. The van der Waals surface area contributed by atoms with Gasteiger partial charge in [-0.05, 0) is 17.5 Å². The lowest BCUT2D eigenvalue weighted by molar-refractivity contribution is -0.697. The molecule has 128 valence electrons. The Morgan fingerprint density at radius 1 is 0.640 bits per heavy atom. The minimum absolute atomic E-state index is 1.12. The third-order valence-electron chi connectivity index (χ3n) is 4.63. The second-order valence-corrected chi connectivity index (χ2v) is 6.57. The summed E-state index contributed by atoms with van der Waals surface area (Å²) in [5.41, 5.74) is 3.70. The monoisotopic (exact) mass is 332 g/mol. The molecule has 0 atom stereocenters. The minimum atomic E-state index is 1.12. The van der Waals surface area contributed by atoms with Gasteiger partial charge in [-0.2, -0.15) is 4.57 Å². The van der Waals surface area contributed by atoms with Gasteiger partial charge in [0, 0.05) is 42.8 Å². The molecule has 0 N–H and O–H groups in total. The van der Waals surface area contributed by atoms with Crippen LogP contribution in [0.2, 0.25) is 0 Å². The summed E-state index contributed by atoms with van der Waals surface area (Å²) in [7, 11) is 0. The maximum absolute atomic E-state index is 2.29. The molecule has 0 unspecified atom stereocenters. The van der Waals surface area contributed by atoms with Crippen LogP contribution in [0.4, 0.5) is 0 Å². The smallest absolute Gasteiger partial charge is 0.205 e. The zero-order chi connectivity index (χ0) is 17.3. The highest BCUT2D eigenvalue weighted by Crippen LogP contribution is 2.16. The van der Waals surface area contributed by atoms with Crippen molar-refractivity contribution in [2.45, 2.75) is 45.6 Å². The van der Waals surface area contributed by atoms with Gasteiger partial charge in [0.1, 0.15) is 6.54 Å². The van der Waals surface area contributed by atoms with Gasteiger partial charge in [-0.15, -0.1) is 0 Å². The number of nitrogens with zero attached hydrogens (tertiary/aromatic N) is 2. The summed E-state index contributed by atoms with van der Waals surface area (Å²) >= 11 is 0. The molecule has 25 heavy (non-hydrogen) atoms. The number of hydrogen-bond donors (Lipinski definition) is 0. The van der Waals surface area contributed by atoms with Crippen LogP contribution in [0.3, 0.4) is 0 Å². The Bertz CT molecular complexity index is 746. The maximum atomic E-state index is 2.29. The number of para-hydroxylation sites is 1. The molecule has 0 amide bonds. The molecular weight excluding hydrogens is 304 g/mol. The number of aryl methyl sites for hydroxylation is 1. The quantitative estimate of drug-likeness (QED) is 0.410. The van der Waals surface area contributed by atoms with Gasteiger partial charge in [0.15, 0.2) is 24.8 Å². The second kappa shape index (κ2) is 9.12. The van der Waals surface area contributed by atoms with E-state index in [2.05, 4.69) is 89.4 Å². The SMILES string of the molecule is CCCCCCC[n+]1ccc(-c2cc[n+](-c3ccccc3)cc2)cc1. The molecule has 1 aromatic carbocycles. The van der Waals surface area contributed by atoms with Gasteiger partial charge in [-0.25, -0.2) is 4.57 Å². The first kappa shape index (κ1) is 17.3. The van der Waals surface area contributed by atoms with Gasteiger partial charge >= 0.3 is 0 Å². The van der Waals surface area contributed by atoms with E-state index in [4.69, 9.17) is 0 Å². The molecule has 3 aromatic rings. The molecule has 2 nitrogen and oxygen atoms in total. The molecule has 0 aliphatic rings. The van der Waals surface area contributed by atoms with Crippen LogP contribution in [-0.2, 0) is 6.54 Å². The lowest BCUT2D eigenvalue weighted by Crippen LogP contribution is -2.32. The van der Waals surface area contributed by atoms with Crippen molar-refractivity contribution >= 4 is 0 Å². The van der Waals surface area contributed by atoms with E-state index >= 15 is 0 Å². The fraction of sp³-hybridized carbons (Fsp3) is 0.304. The average molecular weight is 332 g/mol. The Hall–Kier alpha value is -2.48. The summed E-state index contributed by atoms with van der Waals surface area (Å²) in [6, 6.07) is 19.2. The molecule has 0 saturated heterocycles. The Morgan fingerprint density at radius 2 is 1.24 bits per heavy atom. The van der Waals surface area contributed by atoms with Crippen molar-refractivity contribution in [1.82, 2.24) is 0 Å². The molecule has 0 aliphatic heterocycles. The van der Waals surface area contributed by atoms with Crippen molar-refractivity contribution in [3.63, 3.8) is 0 Å². The molecule has 0 radical (unpaired) electrons. The third kappa shape index (κ3) is 4.99. The van der Waals surface area contributed by atoms with Crippen molar-refractivity contribution in [3.8, 4) is 16.8 Å². The lowest BCUT2D eigenvalue weighted by Gasteiger charge is -2.02. The van der Waals surface area contributed by atoms with Gasteiger partial charge in [0.2, 0.25) is 5.69 Å². The summed E-state index contributed by atoms with van der Waals surface area (Å²) in [5, 5.41) is 0. The van der Waals surface area contributed by atoms with Gasteiger partial charge < -0.3 is 0 Å². The molecule has 0 fully saturated rings. The van der Waals surface area contributed by atoms with Gasteiger partial charge in [0.25, 0.3) is 0 Å². The molecule has 0 bridgehead atoms. The van der Waals surface area contributed by atoms with Crippen molar-refractivity contribution in [1.29, 1.82) is 0 Å². The molecule has 2 heterocycles. The number of unbranched alkanes of at least 4 members (excludes halogenated alkanes) is 4. The summed E-state index contributed by atoms with van der Waals surface area (Å²) in [5.74, 6) is 0. The largest absolute Gasteiger partial charge is 0.210 e. The molecule has 2 aromatic heterocycles. The Morgan fingerprint density at radius 3 is 1.88 bits per heavy atom. The van der Waals surface area contributed by atoms with Gasteiger partial charge in [0.05, 0.1) is 0 Å². The van der Waals surface area contributed by atoms with E-state index in [9.17, 15) is 0 Å². The zero-order valence-corrected chi connectivity index (χ0v) is 15.1. The van der Waals surface area contributed by atoms with Crippen LogP contribution in [0.25, 0.3) is 16.8 Å². The molecular formula is C23H28N2+2. The second-order valence-electron chi connectivity index (χ2n) is 6.57. The van der Waals surface area contributed by atoms with Crippen LogP contribution in [0, 0.1) is 0 Å². The van der Waals surface area contributed by atoms with Gasteiger partial charge in [-0.1, -0.05) is 44.4 Å². The van der Waals surface area contributed by atoms with E-state index in [1.807, 2.05) is 6.07 Å². The van der Waals surface area contributed by atoms with E-state index in [-0.39, 0.29) is 0 Å². The molecule has 0 aliphatic carbocycles. The van der Waals surface area contributed by atoms with Crippen molar-refractivity contribution in [2.24, 2.45) is 0 Å². The topological polar surface area (TPSA) is 7.76 Å². The first-order chi connectivity index (χ1) is 12.4. The van der Waals surface area contributed by atoms with E-state index in [1.165, 1.54) is 48.9 Å². The van der Waals surface area contributed by atoms with Crippen LogP contribution in [0.5, 0.6) is 0 Å². The van der Waals surface area contributed by atoms with E-state index in [1.54, 1.807) is 0 Å². The van der Waals surface area contributed by atoms with Crippen LogP contribution in [-0.4, -0.2) is 0 Å². The summed E-state index contributed by atoms with van der Waals surface area (Å²) in [6.07, 6.45) is 15.3. The summed E-state index contributed by atoms with van der Waals surface area (Å²) < 4.78 is 4.44. The van der Waals surface area contributed by atoms with Gasteiger partial charge in [-0.3, -0.25) is 0 Å². The highest BCUT2D eigenvalue weighted by atomic mass is 14.9. The van der Waals surface area contributed by atoms with E-state index in [0.29, 0.717) is 0 Å². The van der Waals surface area contributed by atoms with Crippen LogP contribution in [0.1, 0.15) is 39.0 Å². The normalized spacial score (nSPS) is 10.8. The highest BCUT2D eigenvalue weighted by molar-refractivity contribution is 5.61. The highest BCUT2D eigenvalue weighted by Gasteiger charge is 2.07. The van der Waals surface area contributed by atoms with Crippen molar-refractivity contribution < 1.29 is 9.13 Å². The van der Waals surface area contributed by atoms with E-state index in [0.717, 1.165) is 6.54 Å². The number of hydrogen-bond acceptors (Lipinski definition) is 0. The lowest BCUT2D eigenvalue weighted by atomic mass is 10.1. The minimum Gasteiger partial charge on any atom is -0.205 e. The zero-order valence-electron chi connectivity index (χ0n) is 15.1. The van der Waals surface area contributed by atoms with Crippen molar-refractivity contribution in [3.05, 3.63) is 79.4 Å². The first-order valence-corrected chi connectivity index (χ1v) is 9.43. The van der Waals surface area contributed by atoms with Crippen LogP contribution < -0.4 is 9.13 Å². The number of benzene rings is 1. The fourth-order valence-electron chi connectivity index (χ4n) is 3.09. The predicted octanol–water partition coefficient (Wildman–Crippen LogP) is 4.89. The fourth-order valence-corrected chi connectivity index (χ4v) is 3.09. The predicted molar refractivity (Wildman–Crippen MR) is 102 cm³/mol. The molecule has 2 heteroatoms. The third-order valence-corrected chi connectivity index (χ3v) is 4.63. The summed E-state index contributed by atoms with van der Waals surface area (Å²) in [4.78, 5) is 0. The summed E-state index contributed by atoms with van der Waals surface area (Å²) in [6.45, 7) is 3.38. The number of aromatic nitrogens is 2. The molecule has 0 spiro atoms. The molecule has 3 rings (SSSR count). The number of rotatable bonds is 8. The number of pyridine rings is 2. The standard InChI is InChI=1S/C23H28N2/c1-2-3-4-5-9-16-24-17-12-21(13-18-24)22-14-19-25(20-15-22)23-10-7-6-8-11-23/h6-8,10-15,17-20H,2-5,9,16H2,1H3/q+2.